The quantitative estimate of drug-likeness (QED) is 0.752. The topological polar surface area (TPSA) is 55.6 Å². The predicted octanol–water partition coefficient (Wildman–Crippen LogP) is 1.90. The van der Waals surface area contributed by atoms with Gasteiger partial charge in [0.25, 0.3) is 5.91 Å². The number of methoxy groups -OCH3 is 1. The number of rotatable bonds is 7. The summed E-state index contributed by atoms with van der Waals surface area (Å²) in [7, 11) is 1.61. The van der Waals surface area contributed by atoms with E-state index in [4.69, 9.17) is 10.5 Å². The number of carbonyl (C=O) groups excluding carboxylic acids is 1. The van der Waals surface area contributed by atoms with Crippen LogP contribution in [0.4, 0.5) is 0 Å². The molecule has 1 aromatic rings. The molecule has 1 amide bonds. The number of unbranched alkanes of at least 4 members (excludes halogenated alkanes) is 1. The fraction of sp³-hybridized carbons (Fsp3) is 0.500. The van der Waals surface area contributed by atoms with E-state index in [-0.39, 0.29) is 5.91 Å². The summed E-state index contributed by atoms with van der Waals surface area (Å²) in [6.07, 6.45) is 1.90. The Morgan fingerprint density at radius 3 is 2.44 bits per heavy atom. The second kappa shape index (κ2) is 7.71. The van der Waals surface area contributed by atoms with Crippen LogP contribution < -0.4 is 10.5 Å². The van der Waals surface area contributed by atoms with Crippen molar-refractivity contribution in [2.75, 3.05) is 26.7 Å². The fourth-order valence-electron chi connectivity index (χ4n) is 1.77. The lowest BCUT2D eigenvalue weighted by Crippen LogP contribution is -2.32. The first-order chi connectivity index (χ1) is 8.72. The number of ether oxygens (including phenoxy) is 1. The summed E-state index contributed by atoms with van der Waals surface area (Å²) < 4.78 is 5.08. The maximum atomic E-state index is 12.2. The first-order valence-corrected chi connectivity index (χ1v) is 6.36. The highest BCUT2D eigenvalue weighted by Gasteiger charge is 2.13. The molecule has 1 rings (SSSR count). The van der Waals surface area contributed by atoms with Crippen molar-refractivity contribution in [2.24, 2.45) is 5.73 Å². The van der Waals surface area contributed by atoms with Gasteiger partial charge in [-0.25, -0.2) is 0 Å². The van der Waals surface area contributed by atoms with Crippen LogP contribution in [0.5, 0.6) is 5.75 Å². The van der Waals surface area contributed by atoms with Crippen LogP contribution >= 0.6 is 0 Å². The van der Waals surface area contributed by atoms with Gasteiger partial charge in [-0.2, -0.15) is 0 Å². The summed E-state index contributed by atoms with van der Waals surface area (Å²) in [4.78, 5) is 14.1. The standard InChI is InChI=1S/C14H22N2O2/c1-3-16(11-5-4-10-15)14(17)12-6-8-13(18-2)9-7-12/h6-9H,3-5,10-11,15H2,1-2H3. The monoisotopic (exact) mass is 250 g/mol. The van der Waals surface area contributed by atoms with Gasteiger partial charge in [0.2, 0.25) is 0 Å². The Balaban J connectivity index is 2.64. The van der Waals surface area contributed by atoms with E-state index >= 15 is 0 Å². The Bertz CT molecular complexity index is 363. The summed E-state index contributed by atoms with van der Waals surface area (Å²) in [5.74, 6) is 0.829. The van der Waals surface area contributed by atoms with Gasteiger partial charge in [-0.05, 0) is 50.6 Å². The number of nitrogens with two attached hydrogens (primary N) is 1. The van der Waals surface area contributed by atoms with Crippen LogP contribution in [-0.2, 0) is 0 Å². The van der Waals surface area contributed by atoms with Crippen LogP contribution in [-0.4, -0.2) is 37.6 Å². The molecule has 0 saturated heterocycles. The minimum Gasteiger partial charge on any atom is -0.497 e. The number of amides is 1. The second-order valence-corrected chi connectivity index (χ2v) is 4.11. The molecule has 4 nitrogen and oxygen atoms in total. The molecular formula is C14H22N2O2. The molecule has 0 saturated carbocycles. The van der Waals surface area contributed by atoms with Crippen LogP contribution in [0.15, 0.2) is 24.3 Å². The lowest BCUT2D eigenvalue weighted by molar-refractivity contribution is 0.0762. The van der Waals surface area contributed by atoms with Crippen molar-refractivity contribution in [1.29, 1.82) is 0 Å². The van der Waals surface area contributed by atoms with Crippen LogP contribution in [0, 0.1) is 0 Å². The highest BCUT2D eigenvalue weighted by Crippen LogP contribution is 2.13. The van der Waals surface area contributed by atoms with Gasteiger partial charge >= 0.3 is 0 Å². The molecule has 2 N–H and O–H groups in total. The van der Waals surface area contributed by atoms with Crippen molar-refractivity contribution in [2.45, 2.75) is 19.8 Å². The van der Waals surface area contributed by atoms with Gasteiger partial charge in [0, 0.05) is 18.7 Å². The predicted molar refractivity (Wildman–Crippen MR) is 72.9 cm³/mol. The van der Waals surface area contributed by atoms with E-state index in [2.05, 4.69) is 0 Å². The van der Waals surface area contributed by atoms with E-state index in [0.29, 0.717) is 12.1 Å². The van der Waals surface area contributed by atoms with E-state index in [1.807, 2.05) is 11.8 Å². The molecule has 100 valence electrons. The van der Waals surface area contributed by atoms with E-state index in [0.717, 1.165) is 31.7 Å². The van der Waals surface area contributed by atoms with Gasteiger partial charge < -0.3 is 15.4 Å². The van der Waals surface area contributed by atoms with Crippen LogP contribution in [0.3, 0.4) is 0 Å². The maximum absolute atomic E-state index is 12.2. The van der Waals surface area contributed by atoms with Crippen molar-refractivity contribution in [3.05, 3.63) is 29.8 Å². The number of hydrogen-bond donors (Lipinski definition) is 1. The normalized spacial score (nSPS) is 10.2. The lowest BCUT2D eigenvalue weighted by atomic mass is 10.2. The Hall–Kier alpha value is -1.55. The van der Waals surface area contributed by atoms with Crippen molar-refractivity contribution in [3.8, 4) is 5.75 Å². The van der Waals surface area contributed by atoms with Crippen LogP contribution in [0.2, 0.25) is 0 Å². The number of benzene rings is 1. The third kappa shape index (κ3) is 4.04. The highest BCUT2D eigenvalue weighted by molar-refractivity contribution is 5.94. The molecule has 0 aliphatic carbocycles. The minimum atomic E-state index is 0.0668. The third-order valence-corrected chi connectivity index (χ3v) is 2.89. The Kier molecular flexibility index (Phi) is 6.22. The molecule has 0 aromatic heterocycles. The molecule has 0 fully saturated rings. The van der Waals surface area contributed by atoms with Crippen LogP contribution in [0.1, 0.15) is 30.1 Å². The molecule has 0 heterocycles. The average Bonchev–Trinajstić information content (AvgIpc) is 2.43. The SMILES string of the molecule is CCN(CCCCN)C(=O)c1ccc(OC)cc1. The molecule has 18 heavy (non-hydrogen) atoms. The minimum absolute atomic E-state index is 0.0668. The van der Waals surface area contributed by atoms with E-state index in [9.17, 15) is 4.79 Å². The summed E-state index contributed by atoms with van der Waals surface area (Å²) in [6.45, 7) is 4.14. The molecule has 0 aliphatic rings. The van der Waals surface area contributed by atoms with Crippen LogP contribution in [0.25, 0.3) is 0 Å². The smallest absolute Gasteiger partial charge is 0.253 e. The van der Waals surface area contributed by atoms with Gasteiger partial charge in [-0.15, -0.1) is 0 Å². The molecule has 0 atom stereocenters. The molecule has 0 unspecified atom stereocenters. The van der Waals surface area contributed by atoms with Crippen molar-refractivity contribution < 1.29 is 9.53 Å². The van der Waals surface area contributed by atoms with Crippen molar-refractivity contribution in [1.82, 2.24) is 4.90 Å². The Labute approximate surface area is 109 Å². The molecule has 1 aromatic carbocycles. The van der Waals surface area contributed by atoms with E-state index in [1.54, 1.807) is 31.4 Å². The molecular weight excluding hydrogens is 228 g/mol. The largest absolute Gasteiger partial charge is 0.497 e. The number of carbonyl (C=O) groups is 1. The summed E-state index contributed by atoms with van der Waals surface area (Å²) >= 11 is 0. The number of hydrogen-bond acceptors (Lipinski definition) is 3. The first-order valence-electron chi connectivity index (χ1n) is 6.36. The zero-order valence-corrected chi connectivity index (χ0v) is 11.2. The van der Waals surface area contributed by atoms with Crippen molar-refractivity contribution >= 4 is 5.91 Å². The average molecular weight is 250 g/mol. The van der Waals surface area contributed by atoms with Gasteiger partial charge in [-0.1, -0.05) is 0 Å². The van der Waals surface area contributed by atoms with Crippen molar-refractivity contribution in [3.63, 3.8) is 0 Å². The van der Waals surface area contributed by atoms with E-state index < -0.39 is 0 Å². The lowest BCUT2D eigenvalue weighted by Gasteiger charge is -2.20. The molecule has 0 bridgehead atoms. The molecule has 0 aliphatic heterocycles. The summed E-state index contributed by atoms with van der Waals surface area (Å²) in [5.41, 5.74) is 6.16. The summed E-state index contributed by atoms with van der Waals surface area (Å²) in [6, 6.07) is 7.21. The Morgan fingerprint density at radius 2 is 1.94 bits per heavy atom. The van der Waals surface area contributed by atoms with Gasteiger partial charge in [-0.3, -0.25) is 4.79 Å². The maximum Gasteiger partial charge on any atom is 0.253 e. The molecule has 0 spiro atoms. The molecule has 4 heteroatoms. The summed E-state index contributed by atoms with van der Waals surface area (Å²) in [5, 5.41) is 0. The van der Waals surface area contributed by atoms with E-state index in [1.165, 1.54) is 0 Å². The van der Waals surface area contributed by atoms with Gasteiger partial charge in [0.1, 0.15) is 5.75 Å². The fourth-order valence-corrected chi connectivity index (χ4v) is 1.77. The van der Waals surface area contributed by atoms with Gasteiger partial charge in [0.05, 0.1) is 7.11 Å². The number of nitrogens with zero attached hydrogens (tertiary/aromatic N) is 1. The Morgan fingerprint density at radius 1 is 1.28 bits per heavy atom. The van der Waals surface area contributed by atoms with Gasteiger partial charge in [0.15, 0.2) is 0 Å². The zero-order chi connectivity index (χ0) is 13.4. The highest BCUT2D eigenvalue weighted by atomic mass is 16.5. The molecule has 0 radical (unpaired) electrons. The third-order valence-electron chi connectivity index (χ3n) is 2.89. The first kappa shape index (κ1) is 14.5. The zero-order valence-electron chi connectivity index (χ0n) is 11.2. The second-order valence-electron chi connectivity index (χ2n) is 4.11.